The summed E-state index contributed by atoms with van der Waals surface area (Å²) in [6.07, 6.45) is 11.8. The average Bonchev–Trinajstić information content (AvgIpc) is 3.61. The fourth-order valence-electron chi connectivity index (χ4n) is 10.2. The minimum Gasteiger partial charge on any atom is -0.496 e. The Morgan fingerprint density at radius 1 is 0.967 bits per heavy atom. The highest BCUT2D eigenvalue weighted by Crippen LogP contribution is 2.45. The fraction of sp³-hybridized carbons (Fsp3) is 0.511. The first-order chi connectivity index (χ1) is 29.6. The van der Waals surface area contributed by atoms with Gasteiger partial charge in [0.15, 0.2) is 0 Å². The lowest BCUT2D eigenvalue weighted by Crippen LogP contribution is -2.65. The Morgan fingerprint density at radius 2 is 1.72 bits per heavy atom. The molecule has 3 fully saturated rings. The molecular formula is C47H59N7O7. The molecule has 1 saturated carbocycles. The van der Waals surface area contributed by atoms with Gasteiger partial charge in [-0.25, -0.2) is 4.98 Å². The summed E-state index contributed by atoms with van der Waals surface area (Å²) in [6, 6.07) is 11.4. The molecule has 2 amide bonds. The Hall–Kier alpha value is -5.47. The Kier molecular flexibility index (Phi) is 12.4. The number of likely N-dealkylation sites (N-methyl/N-ethyl adjacent to an activating group) is 1. The van der Waals surface area contributed by atoms with Gasteiger partial charge in [0.25, 0.3) is 11.5 Å². The number of benzene rings is 2. The van der Waals surface area contributed by atoms with E-state index in [9.17, 15) is 19.2 Å². The van der Waals surface area contributed by atoms with Crippen LogP contribution in [0.25, 0.3) is 21.9 Å². The summed E-state index contributed by atoms with van der Waals surface area (Å²) in [6.45, 7) is 7.15. The Bertz CT molecular complexity index is 2330. The topological polar surface area (TPSA) is 139 Å². The molecule has 14 heteroatoms. The van der Waals surface area contributed by atoms with E-state index in [0.29, 0.717) is 35.7 Å². The van der Waals surface area contributed by atoms with Crippen LogP contribution in [-0.4, -0.2) is 122 Å². The number of anilines is 1. The van der Waals surface area contributed by atoms with Gasteiger partial charge in [0.2, 0.25) is 11.8 Å². The van der Waals surface area contributed by atoms with Crippen molar-refractivity contribution in [2.45, 2.75) is 76.0 Å². The van der Waals surface area contributed by atoms with E-state index in [4.69, 9.17) is 14.2 Å². The number of rotatable bonds is 15. The van der Waals surface area contributed by atoms with Gasteiger partial charge in [-0.1, -0.05) is 6.07 Å². The summed E-state index contributed by atoms with van der Waals surface area (Å²) in [7, 11) is 8.30. The van der Waals surface area contributed by atoms with Gasteiger partial charge >= 0.3 is 0 Å². The molecule has 1 unspecified atom stereocenters. The molecule has 1 spiro atoms. The van der Waals surface area contributed by atoms with Crippen molar-refractivity contribution in [2.75, 3.05) is 72.5 Å². The van der Waals surface area contributed by atoms with Gasteiger partial charge in [0.05, 0.1) is 32.3 Å². The van der Waals surface area contributed by atoms with Crippen LogP contribution in [0, 0.1) is 5.92 Å². The largest absolute Gasteiger partial charge is 0.496 e. The predicted octanol–water partition coefficient (Wildman–Crippen LogP) is 5.02. The summed E-state index contributed by atoms with van der Waals surface area (Å²) in [5.41, 5.74) is 5.43. The van der Waals surface area contributed by atoms with Gasteiger partial charge in [-0.15, -0.1) is 0 Å². The molecule has 3 aliphatic heterocycles. The van der Waals surface area contributed by atoms with Crippen molar-refractivity contribution in [1.82, 2.24) is 29.6 Å². The maximum atomic E-state index is 13.5. The van der Waals surface area contributed by atoms with Crippen LogP contribution in [-0.2, 0) is 29.7 Å². The second-order valence-electron chi connectivity index (χ2n) is 17.2. The average molecular weight is 834 g/mol. The maximum absolute atomic E-state index is 13.5. The zero-order chi connectivity index (χ0) is 42.8. The molecule has 5 heterocycles. The lowest BCUT2D eigenvalue weighted by molar-refractivity contribution is -0.125. The first-order valence-corrected chi connectivity index (χ1v) is 21.7. The van der Waals surface area contributed by atoms with E-state index in [1.54, 1.807) is 51.1 Å². The summed E-state index contributed by atoms with van der Waals surface area (Å²) in [5, 5.41) is 3.93. The van der Waals surface area contributed by atoms with Crippen molar-refractivity contribution in [2.24, 2.45) is 13.0 Å². The van der Waals surface area contributed by atoms with Crippen molar-refractivity contribution >= 4 is 34.6 Å². The molecule has 2 aromatic carbocycles. The number of hydrogen-bond acceptors (Lipinski definition) is 11. The summed E-state index contributed by atoms with van der Waals surface area (Å²) >= 11 is 0. The number of hydrogen-bond donors (Lipinski definition) is 1. The minimum atomic E-state index is -0.660. The van der Waals surface area contributed by atoms with E-state index in [0.717, 1.165) is 110 Å². The number of methoxy groups -OCH3 is 3. The van der Waals surface area contributed by atoms with Gasteiger partial charge in [0, 0.05) is 113 Å². The fourth-order valence-corrected chi connectivity index (χ4v) is 10.2. The highest BCUT2D eigenvalue weighted by molar-refractivity contribution is 6.02. The smallest absolute Gasteiger partial charge is 0.259 e. The van der Waals surface area contributed by atoms with E-state index in [-0.39, 0.29) is 29.3 Å². The number of amides is 2. The number of aldehydes is 1. The number of nitrogens with zero attached hydrogens (tertiary/aromatic N) is 6. The Morgan fingerprint density at radius 3 is 2.38 bits per heavy atom. The van der Waals surface area contributed by atoms with Crippen LogP contribution in [0.4, 0.5) is 5.69 Å². The normalized spacial score (nSPS) is 18.5. The van der Waals surface area contributed by atoms with Gasteiger partial charge in [0.1, 0.15) is 23.8 Å². The number of ether oxygens (including phenoxy) is 3. The van der Waals surface area contributed by atoms with Gasteiger partial charge in [-0.05, 0) is 92.8 Å². The highest BCUT2D eigenvalue weighted by atomic mass is 16.5. The van der Waals surface area contributed by atoms with E-state index < -0.39 is 6.04 Å². The predicted molar refractivity (Wildman–Crippen MR) is 235 cm³/mol. The number of piperazine rings is 1. The van der Waals surface area contributed by atoms with Crippen LogP contribution in [0.5, 0.6) is 17.4 Å². The minimum absolute atomic E-state index is 0.122. The maximum Gasteiger partial charge on any atom is 0.259 e. The molecule has 4 aromatic rings. The molecule has 14 nitrogen and oxygen atoms in total. The number of fused-ring (bicyclic) bond motifs is 2. The molecule has 61 heavy (non-hydrogen) atoms. The Labute approximate surface area is 357 Å². The van der Waals surface area contributed by atoms with Crippen LogP contribution in [0.1, 0.15) is 72.9 Å². The van der Waals surface area contributed by atoms with Crippen molar-refractivity contribution < 1.29 is 28.6 Å². The number of carbonyl (C=O) groups excluding carboxylic acids is 3. The monoisotopic (exact) mass is 833 g/mol. The summed E-state index contributed by atoms with van der Waals surface area (Å²) in [5.74, 6) is 2.23. The van der Waals surface area contributed by atoms with E-state index in [1.165, 1.54) is 25.7 Å². The van der Waals surface area contributed by atoms with Crippen molar-refractivity contribution in [1.29, 1.82) is 0 Å². The third-order valence-electron chi connectivity index (χ3n) is 13.9. The highest BCUT2D eigenvalue weighted by Gasteiger charge is 2.46. The molecule has 1 atom stereocenters. The van der Waals surface area contributed by atoms with Crippen LogP contribution in [0.2, 0.25) is 0 Å². The lowest BCUT2D eigenvalue weighted by Gasteiger charge is -2.56. The van der Waals surface area contributed by atoms with E-state index >= 15 is 0 Å². The number of aryl methyl sites for hydroxylation is 1. The molecule has 8 rings (SSSR count). The molecule has 0 bridgehead atoms. The SMILES string of the molecule is CNC(=O)C(CCC=O)N1Cc2ccc(N3CCC(CCN4CCN(Cc5c(OC)cc(-c6cn(C)c(=O)c7cnc(OC)cc67)cc5OC)C5(CCC5)C4)CC3)cc2C1=O. The molecule has 1 aliphatic carbocycles. The number of nitrogens with one attached hydrogen (secondary N) is 1. The number of piperidine rings is 1. The number of carbonyl (C=O) groups is 3. The molecule has 2 aromatic heterocycles. The molecule has 1 N–H and O–H groups in total. The second kappa shape index (κ2) is 17.9. The van der Waals surface area contributed by atoms with E-state index in [1.807, 2.05) is 24.4 Å². The van der Waals surface area contributed by atoms with Crippen molar-refractivity contribution in [3.05, 3.63) is 75.8 Å². The third-order valence-corrected chi connectivity index (χ3v) is 13.9. The Balaban J connectivity index is 0.889. The first-order valence-electron chi connectivity index (χ1n) is 21.7. The number of aromatic nitrogens is 2. The molecule has 0 radical (unpaired) electrons. The standard InChI is InChI=1S/C47H59N7O7/c1-48-44(56)40(8-6-21-55)54-27-32-9-10-34(24-35(32)46(54)58)52-17-12-31(13-18-52)11-16-51-19-20-53(47(30-51)14-7-15-47)29-39-41(59-3)22-33(23-42(39)60-4)38-28-50(2)45(57)37-26-49-43(61-5)25-36(37)38/h9-10,21-26,28,31,40H,6-8,11-20,27,29-30H2,1-5H3,(H,48,56). The zero-order valence-corrected chi connectivity index (χ0v) is 36.2. The number of pyridine rings is 2. The van der Waals surface area contributed by atoms with Crippen molar-refractivity contribution in [3.8, 4) is 28.5 Å². The molecular weight excluding hydrogens is 775 g/mol. The van der Waals surface area contributed by atoms with Gasteiger partial charge < -0.3 is 43.6 Å². The van der Waals surface area contributed by atoms with Gasteiger partial charge in [-0.3, -0.25) is 19.3 Å². The zero-order valence-electron chi connectivity index (χ0n) is 36.2. The van der Waals surface area contributed by atoms with Gasteiger partial charge in [-0.2, -0.15) is 0 Å². The van der Waals surface area contributed by atoms with Crippen LogP contribution < -0.4 is 30.0 Å². The molecule has 324 valence electrons. The lowest BCUT2D eigenvalue weighted by atomic mass is 9.73. The molecule has 2 saturated heterocycles. The third kappa shape index (κ3) is 8.19. The van der Waals surface area contributed by atoms with Crippen LogP contribution >= 0.6 is 0 Å². The summed E-state index contributed by atoms with van der Waals surface area (Å²) in [4.78, 5) is 63.9. The quantitative estimate of drug-likeness (QED) is 0.162. The molecule has 4 aliphatic rings. The van der Waals surface area contributed by atoms with E-state index in [2.05, 4.69) is 43.2 Å². The first kappa shape index (κ1) is 42.2. The summed E-state index contributed by atoms with van der Waals surface area (Å²) < 4.78 is 19.2. The van der Waals surface area contributed by atoms with Crippen molar-refractivity contribution in [3.63, 3.8) is 0 Å². The van der Waals surface area contributed by atoms with Crippen LogP contribution in [0.15, 0.2) is 53.6 Å². The van der Waals surface area contributed by atoms with Crippen LogP contribution in [0.3, 0.4) is 0 Å². The second-order valence-corrected chi connectivity index (χ2v) is 17.2.